The lowest BCUT2D eigenvalue weighted by Gasteiger charge is -2.22. The zero-order valence-corrected chi connectivity index (χ0v) is 11.9. The second kappa shape index (κ2) is 6.34. The number of sulfonamides is 1. The van der Waals surface area contributed by atoms with E-state index in [9.17, 15) is 13.2 Å². The van der Waals surface area contributed by atoms with E-state index in [0.29, 0.717) is 24.6 Å². The summed E-state index contributed by atoms with van der Waals surface area (Å²) in [6.07, 6.45) is 2.06. The molecule has 1 unspecified atom stereocenters. The van der Waals surface area contributed by atoms with Crippen LogP contribution in [0.5, 0.6) is 0 Å². The molecule has 1 saturated heterocycles. The predicted octanol–water partition coefficient (Wildman–Crippen LogP) is 0.490. The van der Waals surface area contributed by atoms with Crippen molar-refractivity contribution in [1.29, 1.82) is 0 Å². The highest BCUT2D eigenvalue weighted by Gasteiger charge is 2.15. The lowest BCUT2D eigenvalue weighted by molar-refractivity contribution is 0.0536. The molecule has 1 aromatic carbocycles. The van der Waals surface area contributed by atoms with Crippen LogP contribution in [0.25, 0.3) is 0 Å². The van der Waals surface area contributed by atoms with E-state index in [1.165, 1.54) is 24.3 Å². The molecule has 0 saturated carbocycles. The van der Waals surface area contributed by atoms with Gasteiger partial charge in [-0.1, -0.05) is 0 Å². The number of ether oxygens (including phenoxy) is 1. The number of carbonyl (C=O) groups is 1. The van der Waals surface area contributed by atoms with Gasteiger partial charge in [-0.3, -0.25) is 4.79 Å². The van der Waals surface area contributed by atoms with E-state index in [2.05, 4.69) is 5.32 Å². The molecule has 1 heterocycles. The van der Waals surface area contributed by atoms with Gasteiger partial charge in [0.25, 0.3) is 5.91 Å². The van der Waals surface area contributed by atoms with Crippen LogP contribution in [0.4, 0.5) is 0 Å². The average molecular weight is 298 g/mol. The number of rotatable bonds is 4. The first-order valence-corrected chi connectivity index (χ1v) is 8.00. The maximum Gasteiger partial charge on any atom is 0.251 e. The summed E-state index contributed by atoms with van der Waals surface area (Å²) in [5.41, 5.74) is 0.411. The summed E-state index contributed by atoms with van der Waals surface area (Å²) in [6, 6.07) is 5.56. The molecule has 0 aromatic heterocycles. The first-order chi connectivity index (χ1) is 9.47. The lowest BCUT2D eigenvalue weighted by atomic mass is 10.0. The average Bonchev–Trinajstić information content (AvgIpc) is 2.45. The number of hydrogen-bond acceptors (Lipinski definition) is 4. The summed E-state index contributed by atoms with van der Waals surface area (Å²) in [4.78, 5) is 11.9. The molecule has 2 rings (SSSR count). The minimum absolute atomic E-state index is 0.00488. The normalized spacial score (nSPS) is 19.6. The number of nitrogens with two attached hydrogens (primary N) is 1. The quantitative estimate of drug-likeness (QED) is 0.845. The Morgan fingerprint density at radius 3 is 2.60 bits per heavy atom. The van der Waals surface area contributed by atoms with E-state index in [4.69, 9.17) is 9.88 Å². The minimum Gasteiger partial charge on any atom is -0.381 e. The third kappa shape index (κ3) is 4.03. The molecule has 1 aromatic rings. The Bertz CT molecular complexity index is 563. The van der Waals surface area contributed by atoms with E-state index < -0.39 is 10.0 Å². The van der Waals surface area contributed by atoms with Gasteiger partial charge >= 0.3 is 0 Å². The van der Waals surface area contributed by atoms with Gasteiger partial charge in [0, 0.05) is 18.7 Å². The fraction of sp³-hybridized carbons (Fsp3) is 0.462. The zero-order valence-electron chi connectivity index (χ0n) is 11.0. The summed E-state index contributed by atoms with van der Waals surface area (Å²) < 4.78 is 27.6. The van der Waals surface area contributed by atoms with Crippen LogP contribution in [0.15, 0.2) is 29.2 Å². The number of carbonyl (C=O) groups excluding carboxylic acids is 1. The van der Waals surface area contributed by atoms with Crippen LogP contribution >= 0.6 is 0 Å². The van der Waals surface area contributed by atoms with Crippen molar-refractivity contribution in [3.05, 3.63) is 29.8 Å². The molecule has 6 nitrogen and oxygen atoms in total. The number of hydrogen-bond donors (Lipinski definition) is 2. The van der Waals surface area contributed by atoms with Crippen molar-refractivity contribution in [3.8, 4) is 0 Å². The van der Waals surface area contributed by atoms with E-state index >= 15 is 0 Å². The van der Waals surface area contributed by atoms with Gasteiger partial charge in [-0.15, -0.1) is 0 Å². The molecule has 0 spiro atoms. The predicted molar refractivity (Wildman–Crippen MR) is 73.7 cm³/mol. The molecule has 0 aliphatic carbocycles. The van der Waals surface area contributed by atoms with Crippen molar-refractivity contribution < 1.29 is 17.9 Å². The lowest BCUT2D eigenvalue weighted by Crippen LogP contribution is -2.33. The Hall–Kier alpha value is -1.44. The van der Waals surface area contributed by atoms with E-state index in [1.807, 2.05) is 0 Å². The molecule has 1 fully saturated rings. The first-order valence-electron chi connectivity index (χ1n) is 6.45. The topological polar surface area (TPSA) is 98.5 Å². The van der Waals surface area contributed by atoms with E-state index in [-0.39, 0.29) is 10.8 Å². The summed E-state index contributed by atoms with van der Waals surface area (Å²) >= 11 is 0. The molecule has 7 heteroatoms. The summed E-state index contributed by atoms with van der Waals surface area (Å²) in [5.74, 6) is 0.118. The highest BCUT2D eigenvalue weighted by atomic mass is 32.2. The number of amides is 1. The first kappa shape index (κ1) is 15.0. The molecular weight excluding hydrogens is 280 g/mol. The van der Waals surface area contributed by atoms with Crippen molar-refractivity contribution in [2.45, 2.75) is 17.7 Å². The van der Waals surface area contributed by atoms with Crippen LogP contribution in [0.1, 0.15) is 23.2 Å². The second-order valence-electron chi connectivity index (χ2n) is 4.86. The molecule has 3 N–H and O–H groups in total. The van der Waals surface area contributed by atoms with Gasteiger partial charge in [-0.2, -0.15) is 0 Å². The second-order valence-corrected chi connectivity index (χ2v) is 6.42. The summed E-state index contributed by atoms with van der Waals surface area (Å²) in [7, 11) is -3.72. The van der Waals surface area contributed by atoms with Crippen LogP contribution in [0.2, 0.25) is 0 Å². The zero-order chi connectivity index (χ0) is 14.6. The number of primary sulfonamides is 1. The van der Waals surface area contributed by atoms with Crippen LogP contribution < -0.4 is 10.5 Å². The Kier molecular flexibility index (Phi) is 4.74. The van der Waals surface area contributed by atoms with Crippen molar-refractivity contribution in [3.63, 3.8) is 0 Å². The Balaban J connectivity index is 1.92. The molecular formula is C13H18N2O4S. The standard InChI is InChI=1S/C13H18N2O4S/c14-20(17,18)12-5-3-11(4-6-12)13(16)15-8-10-2-1-7-19-9-10/h3-6,10H,1-2,7-9H2,(H,15,16)(H2,14,17,18). The number of benzene rings is 1. The Morgan fingerprint density at radius 1 is 1.35 bits per heavy atom. The molecule has 1 aliphatic heterocycles. The fourth-order valence-corrected chi connectivity index (χ4v) is 2.62. The van der Waals surface area contributed by atoms with Gasteiger partial charge in [0.1, 0.15) is 0 Å². The molecule has 110 valence electrons. The number of nitrogens with one attached hydrogen (secondary N) is 1. The molecule has 1 atom stereocenters. The van der Waals surface area contributed by atoms with Crippen LogP contribution in [0.3, 0.4) is 0 Å². The molecule has 0 radical (unpaired) electrons. The van der Waals surface area contributed by atoms with Gasteiger partial charge in [-0.25, -0.2) is 13.6 Å². The molecule has 1 amide bonds. The smallest absolute Gasteiger partial charge is 0.251 e. The van der Waals surface area contributed by atoms with E-state index in [1.54, 1.807) is 0 Å². The molecule has 0 bridgehead atoms. The van der Waals surface area contributed by atoms with Crippen molar-refractivity contribution in [2.24, 2.45) is 11.1 Å². The van der Waals surface area contributed by atoms with E-state index in [0.717, 1.165) is 19.4 Å². The SMILES string of the molecule is NS(=O)(=O)c1ccc(C(=O)NCC2CCCOC2)cc1. The van der Waals surface area contributed by atoms with Crippen molar-refractivity contribution >= 4 is 15.9 Å². The van der Waals surface area contributed by atoms with Gasteiger partial charge in [0.15, 0.2) is 0 Å². The molecule has 1 aliphatic rings. The third-order valence-corrected chi connectivity index (χ3v) is 4.18. The maximum absolute atomic E-state index is 11.9. The van der Waals surface area contributed by atoms with Gasteiger partial charge in [0.05, 0.1) is 11.5 Å². The highest BCUT2D eigenvalue weighted by Crippen LogP contribution is 2.13. The van der Waals surface area contributed by atoms with Crippen LogP contribution in [-0.4, -0.2) is 34.1 Å². The highest BCUT2D eigenvalue weighted by molar-refractivity contribution is 7.89. The maximum atomic E-state index is 11.9. The third-order valence-electron chi connectivity index (χ3n) is 3.25. The van der Waals surface area contributed by atoms with Crippen molar-refractivity contribution in [1.82, 2.24) is 5.32 Å². The Labute approximate surface area is 118 Å². The van der Waals surface area contributed by atoms with Crippen LogP contribution in [-0.2, 0) is 14.8 Å². The van der Waals surface area contributed by atoms with Gasteiger partial charge in [0.2, 0.25) is 10.0 Å². The monoisotopic (exact) mass is 298 g/mol. The Morgan fingerprint density at radius 2 is 2.05 bits per heavy atom. The summed E-state index contributed by atoms with van der Waals surface area (Å²) in [5, 5.41) is 7.82. The largest absolute Gasteiger partial charge is 0.381 e. The molecule has 20 heavy (non-hydrogen) atoms. The van der Waals surface area contributed by atoms with Gasteiger partial charge < -0.3 is 10.1 Å². The van der Waals surface area contributed by atoms with Crippen LogP contribution in [0, 0.1) is 5.92 Å². The summed E-state index contributed by atoms with van der Waals surface area (Å²) in [6.45, 7) is 2.03. The fourth-order valence-electron chi connectivity index (χ4n) is 2.10. The van der Waals surface area contributed by atoms with Crippen molar-refractivity contribution in [2.75, 3.05) is 19.8 Å². The van der Waals surface area contributed by atoms with Gasteiger partial charge in [-0.05, 0) is 43.0 Å². The minimum atomic E-state index is -3.72.